The van der Waals surface area contributed by atoms with Crippen LogP contribution in [0.1, 0.15) is 32.8 Å². The molecule has 1 rings (SSSR count). The molecule has 0 saturated heterocycles. The van der Waals surface area contributed by atoms with Crippen molar-refractivity contribution in [2.75, 3.05) is 5.73 Å². The third-order valence-electron chi connectivity index (χ3n) is 2.21. The molecule has 0 aliphatic carbocycles. The van der Waals surface area contributed by atoms with E-state index in [0.29, 0.717) is 5.92 Å². The average molecular weight is 207 g/mol. The Hall–Kier alpha value is -1.18. The van der Waals surface area contributed by atoms with Crippen LogP contribution in [-0.2, 0) is 0 Å². The summed E-state index contributed by atoms with van der Waals surface area (Å²) in [6.45, 7) is 8.52. The van der Waals surface area contributed by atoms with Crippen molar-refractivity contribution in [3.63, 3.8) is 0 Å². The number of anilines is 1. The first-order valence-corrected chi connectivity index (χ1v) is 5.51. The smallest absolute Gasteiger partial charge is 0.122 e. The maximum Gasteiger partial charge on any atom is 0.122 e. The van der Waals surface area contributed by atoms with Crippen molar-refractivity contribution >= 4 is 5.69 Å². The Morgan fingerprint density at radius 1 is 1.20 bits per heavy atom. The number of benzene rings is 1. The van der Waals surface area contributed by atoms with E-state index < -0.39 is 0 Å². The molecule has 1 unspecified atom stereocenters. The molecule has 0 aliphatic rings. The highest BCUT2D eigenvalue weighted by atomic mass is 16.5. The summed E-state index contributed by atoms with van der Waals surface area (Å²) in [5, 5.41) is 0. The SMILES string of the molecule is Cc1cc(N)cc(OC(C)CC(C)C)c1. The number of rotatable bonds is 4. The molecule has 0 aromatic heterocycles. The quantitative estimate of drug-likeness (QED) is 0.768. The summed E-state index contributed by atoms with van der Waals surface area (Å²) in [5.41, 5.74) is 7.66. The Labute approximate surface area is 92.4 Å². The summed E-state index contributed by atoms with van der Waals surface area (Å²) in [6, 6.07) is 5.84. The zero-order valence-corrected chi connectivity index (χ0v) is 10.1. The highest BCUT2D eigenvalue weighted by molar-refractivity contribution is 5.47. The summed E-state index contributed by atoms with van der Waals surface area (Å²) >= 11 is 0. The summed E-state index contributed by atoms with van der Waals surface area (Å²) in [4.78, 5) is 0. The molecule has 1 aromatic carbocycles. The van der Waals surface area contributed by atoms with E-state index in [1.54, 1.807) is 0 Å². The zero-order valence-electron chi connectivity index (χ0n) is 10.1. The van der Waals surface area contributed by atoms with Crippen molar-refractivity contribution < 1.29 is 4.74 Å². The monoisotopic (exact) mass is 207 g/mol. The fourth-order valence-corrected chi connectivity index (χ4v) is 1.79. The lowest BCUT2D eigenvalue weighted by Gasteiger charge is -2.17. The van der Waals surface area contributed by atoms with E-state index in [9.17, 15) is 0 Å². The van der Waals surface area contributed by atoms with Gasteiger partial charge in [0.05, 0.1) is 6.10 Å². The van der Waals surface area contributed by atoms with Crippen LogP contribution in [0.5, 0.6) is 5.75 Å². The minimum Gasteiger partial charge on any atom is -0.491 e. The number of aryl methyl sites for hydroxylation is 1. The van der Waals surface area contributed by atoms with Crippen LogP contribution in [0.3, 0.4) is 0 Å². The molecule has 0 bridgehead atoms. The normalized spacial score (nSPS) is 12.9. The predicted octanol–water partition coefficient (Wildman–Crippen LogP) is 3.39. The number of hydrogen-bond acceptors (Lipinski definition) is 2. The number of ether oxygens (including phenoxy) is 1. The van der Waals surface area contributed by atoms with Crippen LogP contribution < -0.4 is 10.5 Å². The Morgan fingerprint density at radius 2 is 1.87 bits per heavy atom. The van der Waals surface area contributed by atoms with Gasteiger partial charge in [0.2, 0.25) is 0 Å². The summed E-state index contributed by atoms with van der Waals surface area (Å²) in [5.74, 6) is 1.53. The Kier molecular flexibility index (Phi) is 4.01. The van der Waals surface area contributed by atoms with Gasteiger partial charge in [-0.1, -0.05) is 13.8 Å². The van der Waals surface area contributed by atoms with Crippen molar-refractivity contribution in [2.45, 2.75) is 40.2 Å². The van der Waals surface area contributed by atoms with Crippen LogP contribution in [0.2, 0.25) is 0 Å². The van der Waals surface area contributed by atoms with Gasteiger partial charge >= 0.3 is 0 Å². The van der Waals surface area contributed by atoms with Gasteiger partial charge in [-0.25, -0.2) is 0 Å². The van der Waals surface area contributed by atoms with Crippen molar-refractivity contribution in [1.82, 2.24) is 0 Å². The number of nitrogens with two attached hydrogens (primary N) is 1. The highest BCUT2D eigenvalue weighted by Gasteiger charge is 2.07. The van der Waals surface area contributed by atoms with Gasteiger partial charge in [-0.3, -0.25) is 0 Å². The fraction of sp³-hybridized carbons (Fsp3) is 0.538. The molecule has 0 aliphatic heterocycles. The number of hydrogen-bond donors (Lipinski definition) is 1. The first-order chi connectivity index (χ1) is 6.97. The molecule has 2 heteroatoms. The van der Waals surface area contributed by atoms with Crippen LogP contribution in [0.15, 0.2) is 18.2 Å². The standard InChI is InChI=1S/C13H21NO/c1-9(2)5-11(4)15-13-7-10(3)6-12(14)8-13/h6-9,11H,5,14H2,1-4H3. The molecule has 15 heavy (non-hydrogen) atoms. The van der Waals surface area contributed by atoms with Gasteiger partial charge in [-0.2, -0.15) is 0 Å². The molecule has 0 radical (unpaired) electrons. The van der Waals surface area contributed by atoms with Crippen molar-refractivity contribution in [1.29, 1.82) is 0 Å². The summed E-state index contributed by atoms with van der Waals surface area (Å²) < 4.78 is 5.81. The molecule has 0 fully saturated rings. The van der Waals surface area contributed by atoms with Crippen LogP contribution >= 0.6 is 0 Å². The first-order valence-electron chi connectivity index (χ1n) is 5.51. The lowest BCUT2D eigenvalue weighted by Crippen LogP contribution is -2.14. The molecule has 2 N–H and O–H groups in total. The predicted molar refractivity (Wildman–Crippen MR) is 65.1 cm³/mol. The topological polar surface area (TPSA) is 35.2 Å². The van der Waals surface area contributed by atoms with Crippen LogP contribution in [0.4, 0.5) is 5.69 Å². The first kappa shape index (κ1) is 11.9. The largest absolute Gasteiger partial charge is 0.491 e. The third-order valence-corrected chi connectivity index (χ3v) is 2.21. The van der Waals surface area contributed by atoms with E-state index >= 15 is 0 Å². The van der Waals surface area contributed by atoms with E-state index in [0.717, 1.165) is 23.4 Å². The molecule has 0 heterocycles. The van der Waals surface area contributed by atoms with E-state index in [1.165, 1.54) is 0 Å². The van der Waals surface area contributed by atoms with Gasteiger partial charge in [-0.15, -0.1) is 0 Å². The Balaban J connectivity index is 2.63. The van der Waals surface area contributed by atoms with Crippen molar-refractivity contribution in [3.8, 4) is 5.75 Å². The number of nitrogen functional groups attached to an aromatic ring is 1. The summed E-state index contributed by atoms with van der Waals surface area (Å²) in [7, 11) is 0. The van der Waals surface area contributed by atoms with Crippen LogP contribution in [0.25, 0.3) is 0 Å². The maximum atomic E-state index is 5.81. The minimum absolute atomic E-state index is 0.242. The molecular formula is C13H21NO. The van der Waals surface area contributed by atoms with E-state index in [2.05, 4.69) is 20.8 Å². The van der Waals surface area contributed by atoms with Crippen LogP contribution in [-0.4, -0.2) is 6.10 Å². The van der Waals surface area contributed by atoms with Gasteiger partial charge in [0, 0.05) is 11.8 Å². The lowest BCUT2D eigenvalue weighted by atomic mass is 10.1. The second-order valence-electron chi connectivity index (χ2n) is 4.64. The molecule has 1 aromatic rings. The molecular weight excluding hydrogens is 186 g/mol. The van der Waals surface area contributed by atoms with Gasteiger partial charge in [0.1, 0.15) is 5.75 Å². The van der Waals surface area contributed by atoms with E-state index in [4.69, 9.17) is 10.5 Å². The van der Waals surface area contributed by atoms with E-state index in [1.807, 2.05) is 25.1 Å². The third kappa shape index (κ3) is 4.24. The second-order valence-corrected chi connectivity index (χ2v) is 4.64. The Morgan fingerprint density at radius 3 is 2.40 bits per heavy atom. The van der Waals surface area contributed by atoms with Gasteiger partial charge in [0.25, 0.3) is 0 Å². The van der Waals surface area contributed by atoms with E-state index in [-0.39, 0.29) is 6.10 Å². The maximum absolute atomic E-state index is 5.81. The molecule has 84 valence electrons. The molecule has 0 amide bonds. The molecule has 0 spiro atoms. The Bertz CT molecular complexity index is 300. The fourth-order valence-electron chi connectivity index (χ4n) is 1.79. The molecule has 2 nitrogen and oxygen atoms in total. The van der Waals surface area contributed by atoms with Crippen molar-refractivity contribution in [2.24, 2.45) is 5.92 Å². The minimum atomic E-state index is 0.242. The van der Waals surface area contributed by atoms with Gasteiger partial charge in [-0.05, 0) is 43.9 Å². The zero-order chi connectivity index (χ0) is 11.4. The highest BCUT2D eigenvalue weighted by Crippen LogP contribution is 2.21. The van der Waals surface area contributed by atoms with Crippen molar-refractivity contribution in [3.05, 3.63) is 23.8 Å². The average Bonchev–Trinajstić information content (AvgIpc) is 1.98. The lowest BCUT2D eigenvalue weighted by molar-refractivity contribution is 0.193. The van der Waals surface area contributed by atoms with Gasteiger partial charge in [0.15, 0.2) is 0 Å². The summed E-state index contributed by atoms with van der Waals surface area (Å²) in [6.07, 6.45) is 1.31. The molecule has 0 saturated carbocycles. The second kappa shape index (κ2) is 5.06. The molecule has 1 atom stereocenters. The van der Waals surface area contributed by atoms with Crippen LogP contribution in [0, 0.1) is 12.8 Å². The van der Waals surface area contributed by atoms with Gasteiger partial charge < -0.3 is 10.5 Å².